The van der Waals surface area contributed by atoms with E-state index in [0.717, 1.165) is 11.4 Å². The fourth-order valence-corrected chi connectivity index (χ4v) is 5.94. The zero-order chi connectivity index (χ0) is 23.1. The Morgan fingerprint density at radius 1 is 0.343 bits per heavy atom. The molecule has 0 aromatic heterocycles. The van der Waals surface area contributed by atoms with Crippen LogP contribution in [0.5, 0.6) is 0 Å². The smallest absolute Gasteiger partial charge is 0.0949 e. The molecule has 0 spiro atoms. The van der Waals surface area contributed by atoms with Gasteiger partial charge in [0.1, 0.15) is 0 Å². The molecule has 166 valence electrons. The second-order valence-corrected chi connectivity index (χ2v) is 9.17. The average Bonchev–Trinajstić information content (AvgIpc) is 2.92. The largest absolute Gasteiger partial charge is 0.341 e. The first kappa shape index (κ1) is 18.7. The van der Waals surface area contributed by atoms with E-state index in [1.165, 1.54) is 51.2 Å². The molecule has 0 bridgehead atoms. The summed E-state index contributed by atoms with van der Waals surface area (Å²) in [5, 5.41) is 0. The van der Waals surface area contributed by atoms with E-state index in [-0.39, 0.29) is 0 Å². The number of anilines is 11. The van der Waals surface area contributed by atoms with E-state index in [2.05, 4.69) is 142 Å². The number of benzene rings is 5. The Morgan fingerprint density at radius 3 is 1.09 bits per heavy atom. The van der Waals surface area contributed by atoms with E-state index in [0.29, 0.717) is 0 Å². The van der Waals surface area contributed by atoms with Gasteiger partial charge in [0.15, 0.2) is 0 Å². The van der Waals surface area contributed by atoms with Gasteiger partial charge < -0.3 is 14.7 Å². The van der Waals surface area contributed by atoms with Crippen LogP contribution < -0.4 is 19.6 Å². The molecule has 4 heteroatoms. The van der Waals surface area contributed by atoms with Crippen molar-refractivity contribution in [1.29, 1.82) is 0 Å². The van der Waals surface area contributed by atoms with Gasteiger partial charge >= 0.3 is 0 Å². The van der Waals surface area contributed by atoms with E-state index in [1.807, 2.05) is 0 Å². The zero-order valence-corrected chi connectivity index (χ0v) is 19.3. The normalized spacial score (nSPS) is 14.2. The van der Waals surface area contributed by atoms with Crippen LogP contribution in [0.2, 0.25) is 0 Å². The molecule has 0 amide bonds. The maximum atomic E-state index is 2.50. The van der Waals surface area contributed by atoms with Crippen molar-refractivity contribution < 1.29 is 0 Å². The topological polar surface area (TPSA) is 13.0 Å². The summed E-state index contributed by atoms with van der Waals surface area (Å²) in [4.78, 5) is 9.65. The number of para-hydroxylation sites is 5. The Kier molecular flexibility index (Phi) is 3.56. The van der Waals surface area contributed by atoms with Crippen molar-refractivity contribution in [3.63, 3.8) is 0 Å². The second-order valence-electron chi connectivity index (χ2n) is 9.17. The SMILES string of the molecule is CN1c2cccc3c2N2c4c1cccc4N(c1ccccc1)c1cccc(c12)N3c1ccccc1. The molecule has 5 aromatic carbocycles. The van der Waals surface area contributed by atoms with E-state index < -0.39 is 0 Å². The van der Waals surface area contributed by atoms with Crippen molar-refractivity contribution in [1.82, 2.24) is 0 Å². The standard InChI is InChI=1S/C31H22N4/c1-32-23-15-8-17-25-29(23)35-30-24(32)16-9-18-26(30)34(22-13-6-3-7-14-22)28-20-10-19-27(31(28)35)33(25)21-11-4-2-5-12-21/h2-20H,1H3. The van der Waals surface area contributed by atoms with Crippen LogP contribution in [0.15, 0.2) is 115 Å². The summed E-state index contributed by atoms with van der Waals surface area (Å²) in [5.41, 5.74) is 13.2. The second kappa shape index (κ2) is 6.67. The Hall–Kier alpha value is -4.70. The molecule has 0 unspecified atom stereocenters. The van der Waals surface area contributed by atoms with Crippen molar-refractivity contribution >= 4 is 62.6 Å². The summed E-state index contributed by atoms with van der Waals surface area (Å²) in [5.74, 6) is 0. The molecule has 3 aliphatic heterocycles. The van der Waals surface area contributed by atoms with Gasteiger partial charge in [-0.05, 0) is 60.7 Å². The molecule has 0 atom stereocenters. The highest BCUT2D eigenvalue weighted by Crippen LogP contribution is 2.68. The third-order valence-corrected chi connectivity index (χ3v) is 7.37. The van der Waals surface area contributed by atoms with Gasteiger partial charge in [0.05, 0.1) is 51.2 Å². The van der Waals surface area contributed by atoms with Gasteiger partial charge in [0, 0.05) is 18.4 Å². The molecule has 4 nitrogen and oxygen atoms in total. The van der Waals surface area contributed by atoms with E-state index in [1.54, 1.807) is 0 Å². The first-order valence-electron chi connectivity index (χ1n) is 12.0. The summed E-state index contributed by atoms with van der Waals surface area (Å²) in [6.07, 6.45) is 0. The van der Waals surface area contributed by atoms with Crippen molar-refractivity contribution in [3.05, 3.63) is 115 Å². The monoisotopic (exact) mass is 450 g/mol. The third kappa shape index (κ3) is 2.31. The summed E-state index contributed by atoms with van der Waals surface area (Å²) in [6, 6.07) is 41.3. The lowest BCUT2D eigenvalue weighted by molar-refractivity contribution is 1.06. The van der Waals surface area contributed by atoms with Gasteiger partial charge in [-0.25, -0.2) is 0 Å². The molecule has 0 saturated carbocycles. The van der Waals surface area contributed by atoms with Crippen molar-refractivity contribution in [2.45, 2.75) is 0 Å². The van der Waals surface area contributed by atoms with E-state index >= 15 is 0 Å². The maximum absolute atomic E-state index is 2.50. The molecule has 0 radical (unpaired) electrons. The third-order valence-electron chi connectivity index (χ3n) is 7.37. The predicted molar refractivity (Wildman–Crippen MR) is 146 cm³/mol. The molecular weight excluding hydrogens is 428 g/mol. The highest BCUT2D eigenvalue weighted by molar-refractivity contribution is 6.19. The zero-order valence-electron chi connectivity index (χ0n) is 19.3. The molecule has 35 heavy (non-hydrogen) atoms. The molecule has 0 saturated heterocycles. The Bertz CT molecular complexity index is 1510. The molecular formula is C31H22N4. The Morgan fingerprint density at radius 2 is 0.686 bits per heavy atom. The van der Waals surface area contributed by atoms with Gasteiger partial charge in [0.2, 0.25) is 0 Å². The van der Waals surface area contributed by atoms with Gasteiger partial charge in [-0.1, -0.05) is 54.6 Å². The maximum Gasteiger partial charge on any atom is 0.0949 e. The molecule has 5 aromatic rings. The Balaban J connectivity index is 1.53. The van der Waals surface area contributed by atoms with Gasteiger partial charge in [-0.15, -0.1) is 0 Å². The van der Waals surface area contributed by atoms with Crippen LogP contribution in [0, 0.1) is 0 Å². The van der Waals surface area contributed by atoms with Crippen molar-refractivity contribution in [2.24, 2.45) is 0 Å². The molecule has 0 N–H and O–H groups in total. The highest BCUT2D eigenvalue weighted by atomic mass is 15.4. The minimum absolute atomic E-state index is 1.16. The van der Waals surface area contributed by atoms with Gasteiger partial charge in [-0.3, -0.25) is 4.90 Å². The minimum atomic E-state index is 1.16. The van der Waals surface area contributed by atoms with Crippen molar-refractivity contribution in [2.75, 3.05) is 26.6 Å². The molecule has 0 fully saturated rings. The van der Waals surface area contributed by atoms with Crippen LogP contribution in [-0.4, -0.2) is 7.05 Å². The highest BCUT2D eigenvalue weighted by Gasteiger charge is 2.44. The fourth-order valence-electron chi connectivity index (χ4n) is 5.94. The summed E-state index contributed by atoms with van der Waals surface area (Å²) < 4.78 is 0. The number of nitrogens with zero attached hydrogens (tertiary/aromatic N) is 4. The summed E-state index contributed by atoms with van der Waals surface area (Å²) >= 11 is 0. The molecule has 8 rings (SSSR count). The lowest BCUT2D eigenvalue weighted by Gasteiger charge is -2.51. The number of hydrogen-bond donors (Lipinski definition) is 0. The lowest BCUT2D eigenvalue weighted by atomic mass is 9.94. The van der Waals surface area contributed by atoms with Gasteiger partial charge in [-0.2, -0.15) is 0 Å². The average molecular weight is 451 g/mol. The van der Waals surface area contributed by atoms with Gasteiger partial charge in [0.25, 0.3) is 0 Å². The van der Waals surface area contributed by atoms with Crippen LogP contribution in [-0.2, 0) is 0 Å². The van der Waals surface area contributed by atoms with Crippen LogP contribution in [0.4, 0.5) is 62.6 Å². The molecule has 3 heterocycles. The van der Waals surface area contributed by atoms with E-state index in [9.17, 15) is 0 Å². The first-order valence-corrected chi connectivity index (χ1v) is 12.0. The summed E-state index contributed by atoms with van der Waals surface area (Å²) in [6.45, 7) is 0. The van der Waals surface area contributed by atoms with Crippen LogP contribution >= 0.6 is 0 Å². The quantitative estimate of drug-likeness (QED) is 0.261. The van der Waals surface area contributed by atoms with Crippen LogP contribution in [0.1, 0.15) is 0 Å². The first-order chi connectivity index (χ1) is 17.3. The van der Waals surface area contributed by atoms with Crippen LogP contribution in [0.25, 0.3) is 0 Å². The lowest BCUT2D eigenvalue weighted by Crippen LogP contribution is -2.35. The molecule has 3 aliphatic rings. The Labute approximate surface area is 204 Å². The minimum Gasteiger partial charge on any atom is -0.341 e. The number of rotatable bonds is 2. The van der Waals surface area contributed by atoms with Crippen molar-refractivity contribution in [3.8, 4) is 0 Å². The van der Waals surface area contributed by atoms with Crippen LogP contribution in [0.3, 0.4) is 0 Å². The number of hydrogen-bond acceptors (Lipinski definition) is 4. The van der Waals surface area contributed by atoms with E-state index in [4.69, 9.17) is 0 Å². The summed E-state index contributed by atoms with van der Waals surface area (Å²) in [7, 11) is 2.18. The predicted octanol–water partition coefficient (Wildman–Crippen LogP) is 8.80. The molecule has 0 aliphatic carbocycles. The fraction of sp³-hybridized carbons (Fsp3) is 0.0323.